The number of aryl methyl sites for hydroxylation is 1. The van der Waals surface area contributed by atoms with Crippen LogP contribution in [0.2, 0.25) is 0 Å². The van der Waals surface area contributed by atoms with E-state index in [9.17, 15) is 0 Å². The lowest BCUT2D eigenvalue weighted by Gasteiger charge is -2.21. The van der Waals surface area contributed by atoms with E-state index in [2.05, 4.69) is 30.6 Å². The number of hydrogen-bond donors (Lipinski definition) is 1. The lowest BCUT2D eigenvalue weighted by atomic mass is 9.94. The Morgan fingerprint density at radius 3 is 2.63 bits per heavy atom. The smallest absolute Gasteiger partial charge is 0.0362 e. The third-order valence-corrected chi connectivity index (χ3v) is 6.78. The number of thiophene rings is 1. The zero-order chi connectivity index (χ0) is 13.0. The van der Waals surface area contributed by atoms with Gasteiger partial charge in [0.05, 0.1) is 0 Å². The molecule has 2 bridgehead atoms. The maximum Gasteiger partial charge on any atom is 0.0362 e. The summed E-state index contributed by atoms with van der Waals surface area (Å²) in [4.78, 5) is 1.46. The van der Waals surface area contributed by atoms with E-state index in [1.54, 1.807) is 12.0 Å². The Morgan fingerprint density at radius 2 is 2.05 bits per heavy atom. The van der Waals surface area contributed by atoms with Crippen LogP contribution in [0.3, 0.4) is 0 Å². The van der Waals surface area contributed by atoms with Gasteiger partial charge in [0.1, 0.15) is 0 Å². The van der Waals surface area contributed by atoms with Gasteiger partial charge in [0, 0.05) is 10.9 Å². The SMILES string of the molecule is CCCNC(c1csc(C)c1)C1C2C3CCC(C3)C21. The third kappa shape index (κ3) is 1.91. The molecular formula is C17H25NS. The highest BCUT2D eigenvalue weighted by Crippen LogP contribution is 2.72. The van der Waals surface area contributed by atoms with Crippen LogP contribution in [0.1, 0.15) is 49.1 Å². The van der Waals surface area contributed by atoms with Gasteiger partial charge < -0.3 is 5.32 Å². The maximum atomic E-state index is 3.87. The van der Waals surface area contributed by atoms with Crippen molar-refractivity contribution in [3.05, 3.63) is 21.9 Å². The van der Waals surface area contributed by atoms with Crippen LogP contribution in [0.25, 0.3) is 0 Å². The van der Waals surface area contributed by atoms with Crippen molar-refractivity contribution in [1.82, 2.24) is 5.32 Å². The number of fused-ring (bicyclic) bond motifs is 5. The molecule has 3 aliphatic carbocycles. The van der Waals surface area contributed by atoms with E-state index in [1.165, 1.54) is 30.7 Å². The molecule has 0 saturated heterocycles. The van der Waals surface area contributed by atoms with Gasteiger partial charge in [-0.05, 0) is 85.8 Å². The number of rotatable bonds is 5. The third-order valence-electron chi connectivity index (χ3n) is 5.90. The van der Waals surface area contributed by atoms with Crippen LogP contribution in [0, 0.1) is 36.5 Å². The van der Waals surface area contributed by atoms with Crippen LogP contribution in [-0.2, 0) is 0 Å². The zero-order valence-corrected chi connectivity index (χ0v) is 12.9. The van der Waals surface area contributed by atoms with Gasteiger partial charge in [-0.15, -0.1) is 11.3 Å². The Labute approximate surface area is 120 Å². The lowest BCUT2D eigenvalue weighted by Crippen LogP contribution is -2.26. The van der Waals surface area contributed by atoms with Crippen LogP contribution in [0.4, 0.5) is 0 Å². The average molecular weight is 275 g/mol. The summed E-state index contributed by atoms with van der Waals surface area (Å²) in [5.74, 6) is 5.30. The first-order valence-corrected chi connectivity index (χ1v) is 8.96. The minimum atomic E-state index is 0.656. The largest absolute Gasteiger partial charge is 0.310 e. The van der Waals surface area contributed by atoms with Gasteiger partial charge in [-0.1, -0.05) is 6.92 Å². The Balaban J connectivity index is 1.55. The van der Waals surface area contributed by atoms with Crippen molar-refractivity contribution in [3.63, 3.8) is 0 Å². The molecular weight excluding hydrogens is 250 g/mol. The van der Waals surface area contributed by atoms with Crippen LogP contribution >= 0.6 is 11.3 Å². The minimum Gasteiger partial charge on any atom is -0.310 e. The predicted octanol–water partition coefficient (Wildman–Crippen LogP) is 4.39. The summed E-state index contributed by atoms with van der Waals surface area (Å²) in [5.41, 5.74) is 1.58. The highest BCUT2D eigenvalue weighted by molar-refractivity contribution is 7.10. The second kappa shape index (κ2) is 4.60. The molecule has 1 nitrogen and oxygen atoms in total. The van der Waals surface area contributed by atoms with Crippen LogP contribution in [0.5, 0.6) is 0 Å². The molecule has 1 N–H and O–H groups in total. The Hall–Kier alpha value is -0.340. The average Bonchev–Trinajstić information content (AvgIpc) is 2.78. The highest BCUT2D eigenvalue weighted by Gasteiger charge is 2.66. The molecule has 5 unspecified atom stereocenters. The normalized spacial score (nSPS) is 40.4. The predicted molar refractivity (Wildman–Crippen MR) is 81.4 cm³/mol. The summed E-state index contributed by atoms with van der Waals surface area (Å²) in [6.45, 7) is 5.69. The highest BCUT2D eigenvalue weighted by atomic mass is 32.1. The lowest BCUT2D eigenvalue weighted by molar-refractivity contribution is 0.370. The van der Waals surface area contributed by atoms with E-state index in [1.807, 2.05) is 11.3 Å². The molecule has 0 amide bonds. The van der Waals surface area contributed by atoms with Gasteiger partial charge in [-0.3, -0.25) is 0 Å². The Bertz CT molecular complexity index is 450. The van der Waals surface area contributed by atoms with Crippen molar-refractivity contribution < 1.29 is 0 Å². The first kappa shape index (κ1) is 12.4. The minimum absolute atomic E-state index is 0.656. The summed E-state index contributed by atoms with van der Waals surface area (Å²) in [5, 5.41) is 6.27. The topological polar surface area (TPSA) is 12.0 Å². The van der Waals surface area contributed by atoms with Crippen molar-refractivity contribution in [2.24, 2.45) is 29.6 Å². The monoisotopic (exact) mass is 275 g/mol. The molecule has 0 spiro atoms. The van der Waals surface area contributed by atoms with Crippen molar-refractivity contribution >= 4 is 11.3 Å². The molecule has 0 aromatic carbocycles. The molecule has 5 atom stereocenters. The molecule has 1 aromatic heterocycles. The molecule has 3 aliphatic rings. The molecule has 0 aliphatic heterocycles. The fourth-order valence-electron chi connectivity index (χ4n) is 5.24. The van der Waals surface area contributed by atoms with E-state index < -0.39 is 0 Å². The van der Waals surface area contributed by atoms with Crippen molar-refractivity contribution in [2.75, 3.05) is 6.54 Å². The number of hydrogen-bond acceptors (Lipinski definition) is 2. The summed E-state index contributed by atoms with van der Waals surface area (Å²) in [6.07, 6.45) is 5.88. The van der Waals surface area contributed by atoms with E-state index >= 15 is 0 Å². The van der Waals surface area contributed by atoms with E-state index in [-0.39, 0.29) is 0 Å². The second-order valence-corrected chi connectivity index (χ2v) is 8.10. The molecule has 19 heavy (non-hydrogen) atoms. The van der Waals surface area contributed by atoms with E-state index in [0.717, 1.165) is 29.6 Å². The first-order chi connectivity index (χ1) is 9.29. The maximum absolute atomic E-state index is 3.87. The van der Waals surface area contributed by atoms with Crippen molar-refractivity contribution in [1.29, 1.82) is 0 Å². The fourth-order valence-corrected chi connectivity index (χ4v) is 5.98. The zero-order valence-electron chi connectivity index (χ0n) is 12.1. The summed E-state index contributed by atoms with van der Waals surface area (Å²) < 4.78 is 0. The molecule has 3 saturated carbocycles. The van der Waals surface area contributed by atoms with Gasteiger partial charge in [0.15, 0.2) is 0 Å². The summed E-state index contributed by atoms with van der Waals surface area (Å²) >= 11 is 1.92. The Morgan fingerprint density at radius 1 is 1.32 bits per heavy atom. The quantitative estimate of drug-likeness (QED) is 0.840. The molecule has 1 heterocycles. The van der Waals surface area contributed by atoms with Crippen molar-refractivity contribution in [2.45, 2.75) is 45.6 Å². The van der Waals surface area contributed by atoms with Crippen LogP contribution in [-0.4, -0.2) is 6.54 Å². The van der Waals surface area contributed by atoms with Crippen LogP contribution in [0.15, 0.2) is 11.4 Å². The first-order valence-electron chi connectivity index (χ1n) is 8.08. The van der Waals surface area contributed by atoms with Gasteiger partial charge in [0.25, 0.3) is 0 Å². The molecule has 3 fully saturated rings. The van der Waals surface area contributed by atoms with E-state index in [0.29, 0.717) is 6.04 Å². The molecule has 104 valence electrons. The van der Waals surface area contributed by atoms with Gasteiger partial charge in [0.2, 0.25) is 0 Å². The van der Waals surface area contributed by atoms with Crippen molar-refractivity contribution in [3.8, 4) is 0 Å². The summed E-state index contributed by atoms with van der Waals surface area (Å²) in [6, 6.07) is 3.08. The molecule has 4 rings (SSSR count). The molecule has 0 radical (unpaired) electrons. The second-order valence-electron chi connectivity index (χ2n) is 6.99. The van der Waals surface area contributed by atoms with E-state index in [4.69, 9.17) is 0 Å². The molecule has 1 aromatic rings. The molecule has 2 heteroatoms. The van der Waals surface area contributed by atoms with Crippen LogP contribution < -0.4 is 5.32 Å². The number of nitrogens with one attached hydrogen (secondary N) is 1. The fraction of sp³-hybridized carbons (Fsp3) is 0.765. The standard InChI is InChI=1S/C17H25NS/c1-3-6-18-17(13-7-10(2)19-9-13)16-14-11-4-5-12(8-11)15(14)16/h7,9,11-12,14-18H,3-6,8H2,1-2H3. The summed E-state index contributed by atoms with van der Waals surface area (Å²) in [7, 11) is 0. The van der Waals surface area contributed by atoms with Gasteiger partial charge in [-0.2, -0.15) is 0 Å². The van der Waals surface area contributed by atoms with Gasteiger partial charge in [-0.25, -0.2) is 0 Å². The Kier molecular flexibility index (Phi) is 3.00. The van der Waals surface area contributed by atoms with Gasteiger partial charge >= 0.3 is 0 Å².